The molecule has 0 bridgehead atoms. The van der Waals surface area contributed by atoms with E-state index in [1.165, 1.54) is 18.2 Å². The highest BCUT2D eigenvalue weighted by Crippen LogP contribution is 2.34. The average molecular weight is 441 g/mol. The largest absolute Gasteiger partial charge is 0.484 e. The number of nitrogens with zero attached hydrogens (tertiary/aromatic N) is 3. The van der Waals surface area contributed by atoms with E-state index in [0.717, 1.165) is 29.7 Å². The van der Waals surface area contributed by atoms with Gasteiger partial charge in [-0.1, -0.05) is 29.5 Å². The van der Waals surface area contributed by atoms with E-state index in [9.17, 15) is 14.0 Å². The van der Waals surface area contributed by atoms with Crippen molar-refractivity contribution in [3.05, 3.63) is 69.9 Å². The summed E-state index contributed by atoms with van der Waals surface area (Å²) in [6.45, 7) is 2.50. The number of benzene rings is 2. The fourth-order valence-corrected chi connectivity index (χ4v) is 4.35. The Bertz CT molecular complexity index is 1100. The van der Waals surface area contributed by atoms with E-state index in [-0.39, 0.29) is 23.6 Å². The van der Waals surface area contributed by atoms with E-state index in [1.807, 2.05) is 31.2 Å². The van der Waals surface area contributed by atoms with Gasteiger partial charge in [-0.2, -0.15) is 0 Å². The fraction of sp³-hybridized carbons (Fsp3) is 0.273. The first-order valence-electron chi connectivity index (χ1n) is 9.89. The summed E-state index contributed by atoms with van der Waals surface area (Å²) in [6.07, 6.45) is 1.58. The summed E-state index contributed by atoms with van der Waals surface area (Å²) < 4.78 is 19.0. The Hall–Kier alpha value is -3.33. The highest BCUT2D eigenvalue weighted by Gasteiger charge is 2.33. The Morgan fingerprint density at radius 1 is 1.23 bits per heavy atom. The number of amides is 2. The summed E-state index contributed by atoms with van der Waals surface area (Å²) in [5, 5.41) is 11.5. The van der Waals surface area contributed by atoms with Crippen molar-refractivity contribution >= 4 is 28.8 Å². The van der Waals surface area contributed by atoms with Crippen LogP contribution in [0.25, 0.3) is 0 Å². The second-order valence-electron chi connectivity index (χ2n) is 7.26. The van der Waals surface area contributed by atoms with E-state index >= 15 is 0 Å². The lowest BCUT2D eigenvalue weighted by Crippen LogP contribution is -2.34. The number of likely N-dealkylation sites (tertiary alicyclic amines) is 1. The number of carbonyl (C=O) groups is 2. The van der Waals surface area contributed by atoms with Gasteiger partial charge in [-0.05, 0) is 55.7 Å². The number of rotatable bonds is 6. The Labute approximate surface area is 182 Å². The molecule has 1 N–H and O–H groups in total. The van der Waals surface area contributed by atoms with Crippen molar-refractivity contribution in [3.8, 4) is 5.75 Å². The molecule has 0 spiro atoms. The van der Waals surface area contributed by atoms with Crippen molar-refractivity contribution in [2.45, 2.75) is 25.8 Å². The highest BCUT2D eigenvalue weighted by molar-refractivity contribution is 7.13. The van der Waals surface area contributed by atoms with Crippen LogP contribution in [0.4, 0.5) is 10.1 Å². The van der Waals surface area contributed by atoms with Crippen LogP contribution in [-0.4, -0.2) is 40.1 Å². The van der Waals surface area contributed by atoms with Gasteiger partial charge in [0.2, 0.25) is 5.01 Å². The van der Waals surface area contributed by atoms with Crippen LogP contribution in [0.1, 0.15) is 39.3 Å². The summed E-state index contributed by atoms with van der Waals surface area (Å²) >= 11 is 1.14. The lowest BCUT2D eigenvalue weighted by molar-refractivity contribution is -0.134. The van der Waals surface area contributed by atoms with E-state index < -0.39 is 11.7 Å². The number of ether oxygens (including phenoxy) is 1. The van der Waals surface area contributed by atoms with Crippen LogP contribution in [-0.2, 0) is 4.79 Å². The molecular weight excluding hydrogens is 419 g/mol. The molecular formula is C22H21FN4O3S. The highest BCUT2D eigenvalue weighted by atomic mass is 32.1. The molecule has 3 aromatic rings. The first-order valence-corrected chi connectivity index (χ1v) is 10.7. The minimum absolute atomic E-state index is 0.0638. The van der Waals surface area contributed by atoms with Crippen LogP contribution in [0.2, 0.25) is 0 Å². The van der Waals surface area contributed by atoms with Crippen molar-refractivity contribution in [2.24, 2.45) is 0 Å². The zero-order valence-electron chi connectivity index (χ0n) is 16.9. The van der Waals surface area contributed by atoms with Gasteiger partial charge in [-0.25, -0.2) is 4.39 Å². The van der Waals surface area contributed by atoms with Crippen LogP contribution >= 0.6 is 11.3 Å². The molecule has 2 aromatic carbocycles. The van der Waals surface area contributed by atoms with Gasteiger partial charge in [0, 0.05) is 12.2 Å². The quantitative estimate of drug-likeness (QED) is 0.627. The molecule has 0 aliphatic carbocycles. The topological polar surface area (TPSA) is 84.4 Å². The lowest BCUT2D eigenvalue weighted by Gasteiger charge is -2.22. The number of anilines is 1. The van der Waals surface area contributed by atoms with Gasteiger partial charge in [0.05, 0.1) is 6.04 Å². The summed E-state index contributed by atoms with van der Waals surface area (Å²) in [5.74, 6) is -0.391. The predicted molar refractivity (Wildman–Crippen MR) is 115 cm³/mol. The number of halogens is 1. The van der Waals surface area contributed by atoms with Crippen LogP contribution < -0.4 is 10.1 Å². The van der Waals surface area contributed by atoms with Gasteiger partial charge in [0.25, 0.3) is 11.8 Å². The normalized spacial score (nSPS) is 15.7. The molecule has 1 fully saturated rings. The van der Waals surface area contributed by atoms with Crippen LogP contribution in [0.5, 0.6) is 5.75 Å². The summed E-state index contributed by atoms with van der Waals surface area (Å²) in [7, 11) is 0. The molecule has 0 saturated carbocycles. The lowest BCUT2D eigenvalue weighted by atomic mass is 10.2. The molecule has 31 heavy (non-hydrogen) atoms. The second-order valence-corrected chi connectivity index (χ2v) is 8.27. The first kappa shape index (κ1) is 20.9. The van der Waals surface area contributed by atoms with Crippen molar-refractivity contribution < 1.29 is 18.7 Å². The van der Waals surface area contributed by atoms with Gasteiger partial charge in [-0.3, -0.25) is 9.59 Å². The zero-order chi connectivity index (χ0) is 21.8. The standard InChI is InChI=1S/C22H21FN4O3S/c1-14-5-2-8-17(11-14)30-13-19(28)27-10-4-9-18(27)21-25-26-22(31-21)20(29)24-16-7-3-6-15(23)12-16/h2-3,5-8,11-12,18H,4,9-10,13H2,1H3,(H,24,29). The number of hydrogen-bond donors (Lipinski definition) is 1. The van der Waals surface area contributed by atoms with E-state index in [4.69, 9.17) is 4.74 Å². The van der Waals surface area contributed by atoms with Gasteiger partial charge in [-0.15, -0.1) is 10.2 Å². The van der Waals surface area contributed by atoms with E-state index in [0.29, 0.717) is 23.0 Å². The number of nitrogens with one attached hydrogen (secondary N) is 1. The van der Waals surface area contributed by atoms with E-state index in [2.05, 4.69) is 15.5 Å². The van der Waals surface area contributed by atoms with Crippen molar-refractivity contribution in [2.75, 3.05) is 18.5 Å². The number of aromatic nitrogens is 2. The third-order valence-corrected chi connectivity index (χ3v) is 5.95. The Morgan fingerprint density at radius 3 is 2.87 bits per heavy atom. The minimum Gasteiger partial charge on any atom is -0.484 e. The van der Waals surface area contributed by atoms with Gasteiger partial charge in [0.1, 0.15) is 16.6 Å². The van der Waals surface area contributed by atoms with Gasteiger partial charge < -0.3 is 15.0 Å². The predicted octanol–water partition coefficient (Wildman–Crippen LogP) is 3.98. The first-order chi connectivity index (χ1) is 15.0. The smallest absolute Gasteiger partial charge is 0.286 e. The van der Waals surface area contributed by atoms with Gasteiger partial charge >= 0.3 is 0 Å². The summed E-state index contributed by atoms with van der Waals surface area (Å²) in [5.41, 5.74) is 1.40. The number of carbonyl (C=O) groups excluding carboxylic acids is 2. The molecule has 1 unspecified atom stereocenters. The monoisotopic (exact) mass is 440 g/mol. The Kier molecular flexibility index (Phi) is 6.22. The summed E-state index contributed by atoms with van der Waals surface area (Å²) in [6, 6.07) is 12.9. The maximum absolute atomic E-state index is 13.3. The third kappa shape index (κ3) is 5.05. The molecule has 2 amide bonds. The molecule has 0 radical (unpaired) electrons. The third-order valence-electron chi connectivity index (χ3n) is 4.93. The fourth-order valence-electron chi connectivity index (χ4n) is 3.47. The molecule has 7 nitrogen and oxygen atoms in total. The minimum atomic E-state index is -0.465. The number of aryl methyl sites for hydroxylation is 1. The maximum atomic E-state index is 13.3. The molecule has 9 heteroatoms. The molecule has 4 rings (SSSR count). The molecule has 160 valence electrons. The van der Waals surface area contributed by atoms with E-state index in [1.54, 1.807) is 11.0 Å². The number of hydrogen-bond acceptors (Lipinski definition) is 6. The SMILES string of the molecule is Cc1cccc(OCC(=O)N2CCCC2c2nnc(C(=O)Nc3cccc(F)c3)s2)c1. The van der Waals surface area contributed by atoms with Crippen molar-refractivity contribution in [3.63, 3.8) is 0 Å². The molecule has 1 aliphatic rings. The maximum Gasteiger partial charge on any atom is 0.286 e. The zero-order valence-corrected chi connectivity index (χ0v) is 17.7. The van der Waals surface area contributed by atoms with Gasteiger partial charge in [0.15, 0.2) is 6.61 Å². The molecule has 1 atom stereocenters. The average Bonchev–Trinajstić information content (AvgIpc) is 3.41. The molecule has 1 aliphatic heterocycles. The van der Waals surface area contributed by atoms with Crippen LogP contribution in [0.15, 0.2) is 48.5 Å². The molecule has 2 heterocycles. The van der Waals surface area contributed by atoms with Crippen LogP contribution in [0, 0.1) is 12.7 Å². The second kappa shape index (κ2) is 9.22. The van der Waals surface area contributed by atoms with Crippen LogP contribution in [0.3, 0.4) is 0 Å². The molecule has 1 saturated heterocycles. The summed E-state index contributed by atoms with van der Waals surface area (Å²) in [4.78, 5) is 26.9. The molecule has 1 aromatic heterocycles. The van der Waals surface area contributed by atoms with Crippen molar-refractivity contribution in [1.82, 2.24) is 15.1 Å². The van der Waals surface area contributed by atoms with Crippen molar-refractivity contribution in [1.29, 1.82) is 0 Å². The Balaban J connectivity index is 1.40. The Morgan fingerprint density at radius 2 is 2.06 bits per heavy atom.